The Bertz CT molecular complexity index is 1010. The number of pyridine rings is 2. The minimum Gasteiger partial charge on any atom is -0.494 e. The van der Waals surface area contributed by atoms with Crippen LogP contribution in [0.3, 0.4) is 0 Å². The molecule has 0 aliphatic carbocycles. The number of carbonyl (C=O) groups is 1. The Labute approximate surface area is 162 Å². The van der Waals surface area contributed by atoms with Gasteiger partial charge in [-0.1, -0.05) is 16.7 Å². The third kappa shape index (κ3) is 3.81. The van der Waals surface area contributed by atoms with E-state index in [9.17, 15) is 9.18 Å². The summed E-state index contributed by atoms with van der Waals surface area (Å²) in [6.07, 6.45) is 2.62. The first kappa shape index (κ1) is 18.9. The van der Waals surface area contributed by atoms with Gasteiger partial charge in [0.1, 0.15) is 5.75 Å². The van der Waals surface area contributed by atoms with Crippen molar-refractivity contribution in [3.8, 4) is 22.1 Å². The number of amides is 1. The summed E-state index contributed by atoms with van der Waals surface area (Å²) in [7, 11) is 2.81. The van der Waals surface area contributed by atoms with E-state index >= 15 is 0 Å². The number of aromatic nitrogens is 4. The molecular formula is C16H13ClFN5O3S. The molecule has 3 heterocycles. The number of anilines is 1. The molecule has 0 atom stereocenters. The Balaban J connectivity index is 2.09. The molecule has 3 aromatic heterocycles. The van der Waals surface area contributed by atoms with E-state index in [0.29, 0.717) is 10.9 Å². The summed E-state index contributed by atoms with van der Waals surface area (Å²) in [6, 6.07) is 1.56. The fourth-order valence-corrected chi connectivity index (χ4v) is 3.01. The van der Waals surface area contributed by atoms with Crippen LogP contribution in [0.1, 0.15) is 16.1 Å². The maximum atomic E-state index is 14.7. The zero-order valence-corrected chi connectivity index (χ0v) is 16.0. The first-order valence-electron chi connectivity index (χ1n) is 7.48. The Hall–Kier alpha value is -2.85. The van der Waals surface area contributed by atoms with Gasteiger partial charge in [-0.2, -0.15) is 0 Å². The highest BCUT2D eigenvalue weighted by atomic mass is 35.5. The lowest BCUT2D eigenvalue weighted by Crippen LogP contribution is -2.14. The average molecular weight is 410 g/mol. The second-order valence-corrected chi connectivity index (χ2v) is 6.51. The number of nitrogens with zero attached hydrogens (tertiary/aromatic N) is 4. The van der Waals surface area contributed by atoms with Crippen molar-refractivity contribution in [2.75, 3.05) is 19.5 Å². The minimum atomic E-state index is -0.798. The summed E-state index contributed by atoms with van der Waals surface area (Å²) in [5, 5.41) is 10.3. The van der Waals surface area contributed by atoms with Crippen LogP contribution in [0, 0.1) is 12.7 Å². The molecule has 3 aromatic rings. The van der Waals surface area contributed by atoms with Gasteiger partial charge in [0.25, 0.3) is 11.1 Å². The lowest BCUT2D eigenvalue weighted by Gasteiger charge is -2.14. The number of methoxy groups -OCH3 is 2. The maximum Gasteiger partial charge on any atom is 0.295 e. The first-order valence-corrected chi connectivity index (χ1v) is 8.68. The van der Waals surface area contributed by atoms with Gasteiger partial charge in [-0.05, 0) is 24.3 Å². The van der Waals surface area contributed by atoms with Crippen LogP contribution in [-0.4, -0.2) is 40.3 Å². The van der Waals surface area contributed by atoms with Crippen LogP contribution >= 0.6 is 22.9 Å². The molecule has 0 saturated carbocycles. The van der Waals surface area contributed by atoms with Crippen LogP contribution in [-0.2, 0) is 0 Å². The number of rotatable bonds is 5. The lowest BCUT2D eigenvalue weighted by atomic mass is 10.00. The van der Waals surface area contributed by atoms with Gasteiger partial charge in [0, 0.05) is 17.5 Å². The molecule has 27 heavy (non-hydrogen) atoms. The zero-order valence-electron chi connectivity index (χ0n) is 14.4. The predicted molar refractivity (Wildman–Crippen MR) is 98.1 cm³/mol. The molecule has 0 spiro atoms. The number of hydrogen-bond donors (Lipinski definition) is 1. The Kier molecular flexibility index (Phi) is 5.47. The highest BCUT2D eigenvalue weighted by Crippen LogP contribution is 2.37. The smallest absolute Gasteiger partial charge is 0.295 e. The van der Waals surface area contributed by atoms with Gasteiger partial charge >= 0.3 is 0 Å². The van der Waals surface area contributed by atoms with E-state index in [2.05, 4.69) is 25.5 Å². The highest BCUT2D eigenvalue weighted by molar-refractivity contribution is 7.17. The van der Waals surface area contributed by atoms with E-state index < -0.39 is 11.7 Å². The van der Waals surface area contributed by atoms with Crippen molar-refractivity contribution < 1.29 is 18.7 Å². The fourth-order valence-electron chi connectivity index (χ4n) is 2.31. The molecule has 8 nitrogen and oxygen atoms in total. The van der Waals surface area contributed by atoms with E-state index in [1.807, 2.05) is 0 Å². The van der Waals surface area contributed by atoms with Crippen molar-refractivity contribution in [3.63, 3.8) is 0 Å². The monoisotopic (exact) mass is 409 g/mol. The van der Waals surface area contributed by atoms with Gasteiger partial charge < -0.3 is 9.47 Å². The molecule has 0 aliphatic rings. The Morgan fingerprint density at radius 3 is 2.67 bits per heavy atom. The number of carbonyl (C=O) groups excluding carboxylic acids is 1. The summed E-state index contributed by atoms with van der Waals surface area (Å²) in [6.45, 7) is 1.72. The van der Waals surface area contributed by atoms with Crippen LogP contribution < -0.4 is 14.8 Å². The zero-order chi connectivity index (χ0) is 19.6. The molecule has 11 heteroatoms. The molecule has 1 amide bonds. The fraction of sp³-hybridized carbons (Fsp3) is 0.188. The molecular weight excluding hydrogens is 397 g/mol. The summed E-state index contributed by atoms with van der Waals surface area (Å²) < 4.78 is 24.9. The second-order valence-electron chi connectivity index (χ2n) is 5.21. The van der Waals surface area contributed by atoms with Gasteiger partial charge in [0.05, 0.1) is 31.5 Å². The van der Waals surface area contributed by atoms with Crippen LogP contribution in [0.5, 0.6) is 10.9 Å². The standard InChI is InChI=1S/C16H13ClFN5O3S/c1-7-4-8(11-10(25-2)6-20-13(17)12(11)18)9(5-19-7)14(24)21-15-22-23-16(26-3)27-15/h4-6H,1-3H3,(H,21,22,24). The third-order valence-electron chi connectivity index (χ3n) is 3.52. The van der Waals surface area contributed by atoms with Crippen molar-refractivity contribution in [3.05, 3.63) is 40.7 Å². The molecule has 0 aromatic carbocycles. The van der Waals surface area contributed by atoms with Crippen molar-refractivity contribution >= 4 is 34.0 Å². The summed E-state index contributed by atoms with van der Waals surface area (Å²) in [5.41, 5.74) is 0.959. The lowest BCUT2D eigenvalue weighted by molar-refractivity contribution is 0.102. The molecule has 1 N–H and O–H groups in total. The molecule has 0 aliphatic heterocycles. The molecule has 0 fully saturated rings. The Morgan fingerprint density at radius 2 is 2.00 bits per heavy atom. The Morgan fingerprint density at radius 1 is 1.22 bits per heavy atom. The van der Waals surface area contributed by atoms with E-state index in [1.54, 1.807) is 13.0 Å². The predicted octanol–water partition coefficient (Wildman–Crippen LogP) is 3.37. The van der Waals surface area contributed by atoms with Gasteiger partial charge in [0.2, 0.25) is 5.13 Å². The number of nitrogens with one attached hydrogen (secondary N) is 1. The first-order chi connectivity index (χ1) is 12.9. The summed E-state index contributed by atoms with van der Waals surface area (Å²) >= 11 is 6.87. The topological polar surface area (TPSA) is 99.1 Å². The van der Waals surface area contributed by atoms with Crippen molar-refractivity contribution in [1.82, 2.24) is 20.2 Å². The molecule has 0 unspecified atom stereocenters. The largest absolute Gasteiger partial charge is 0.494 e. The van der Waals surface area contributed by atoms with Crippen molar-refractivity contribution in [2.45, 2.75) is 6.92 Å². The number of ether oxygens (including phenoxy) is 2. The van der Waals surface area contributed by atoms with Crippen molar-refractivity contribution in [1.29, 1.82) is 0 Å². The highest BCUT2D eigenvalue weighted by Gasteiger charge is 2.23. The second kappa shape index (κ2) is 7.80. The maximum absolute atomic E-state index is 14.7. The molecule has 0 saturated heterocycles. The van der Waals surface area contributed by atoms with E-state index in [-0.39, 0.29) is 32.7 Å². The number of hydrogen-bond acceptors (Lipinski definition) is 8. The normalized spacial score (nSPS) is 10.6. The SMILES string of the molecule is COc1nnc(NC(=O)c2cnc(C)cc2-c2c(OC)cnc(Cl)c2F)s1. The molecule has 0 radical (unpaired) electrons. The number of halogens is 2. The molecule has 0 bridgehead atoms. The van der Waals surface area contributed by atoms with Crippen molar-refractivity contribution in [2.24, 2.45) is 0 Å². The van der Waals surface area contributed by atoms with Crippen LogP contribution in [0.4, 0.5) is 9.52 Å². The van der Waals surface area contributed by atoms with E-state index in [0.717, 1.165) is 11.3 Å². The molecule has 140 valence electrons. The minimum absolute atomic E-state index is 0.0167. The van der Waals surface area contributed by atoms with E-state index in [1.165, 1.54) is 26.6 Å². The van der Waals surface area contributed by atoms with Gasteiger partial charge in [-0.3, -0.25) is 15.1 Å². The number of aryl methyl sites for hydroxylation is 1. The average Bonchev–Trinajstić information content (AvgIpc) is 3.11. The quantitative estimate of drug-likeness (QED) is 0.645. The van der Waals surface area contributed by atoms with Gasteiger partial charge in [-0.15, -0.1) is 5.10 Å². The van der Waals surface area contributed by atoms with Gasteiger partial charge in [0.15, 0.2) is 11.0 Å². The molecule has 3 rings (SSSR count). The van der Waals surface area contributed by atoms with Crippen LogP contribution in [0.15, 0.2) is 18.5 Å². The van der Waals surface area contributed by atoms with Gasteiger partial charge in [-0.25, -0.2) is 9.37 Å². The summed E-state index contributed by atoms with van der Waals surface area (Å²) in [4.78, 5) is 20.6. The van der Waals surface area contributed by atoms with Crippen LogP contribution in [0.25, 0.3) is 11.1 Å². The summed E-state index contributed by atoms with van der Waals surface area (Å²) in [5.74, 6) is -1.21. The third-order valence-corrected chi connectivity index (χ3v) is 4.58. The van der Waals surface area contributed by atoms with E-state index in [4.69, 9.17) is 21.1 Å². The van der Waals surface area contributed by atoms with Crippen LogP contribution in [0.2, 0.25) is 5.15 Å².